The molecule has 0 fully saturated rings. The molecule has 0 spiro atoms. The van der Waals surface area contributed by atoms with Crippen molar-refractivity contribution in [3.8, 4) is 0 Å². The molecule has 0 saturated carbocycles. The van der Waals surface area contributed by atoms with Gasteiger partial charge in [-0.2, -0.15) is 13.2 Å². The summed E-state index contributed by atoms with van der Waals surface area (Å²) < 4.78 is 35.8. The van der Waals surface area contributed by atoms with Crippen LogP contribution in [-0.4, -0.2) is 27.7 Å². The molecule has 2 aromatic heterocycles. The van der Waals surface area contributed by atoms with Crippen molar-refractivity contribution < 1.29 is 13.2 Å². The Hall–Kier alpha value is -1.92. The van der Waals surface area contributed by atoms with E-state index in [-0.39, 0.29) is 6.54 Å². The lowest BCUT2D eigenvalue weighted by Crippen LogP contribution is -2.15. The maximum Gasteiger partial charge on any atom is 0.390 e. The molecule has 0 unspecified atom stereocenters. The summed E-state index contributed by atoms with van der Waals surface area (Å²) in [4.78, 5) is 12.0. The quantitative estimate of drug-likeness (QED) is 0.897. The summed E-state index contributed by atoms with van der Waals surface area (Å²) in [6.45, 7) is -0.206. The van der Waals surface area contributed by atoms with Gasteiger partial charge in [-0.05, 0) is 12.1 Å². The molecule has 0 aliphatic carbocycles. The van der Waals surface area contributed by atoms with E-state index >= 15 is 0 Å². The number of alkyl halides is 3. The van der Waals surface area contributed by atoms with Crippen LogP contribution in [0.25, 0.3) is 11.2 Å². The molecular formula is C10H9F3N4. The Kier molecular flexibility index (Phi) is 3.08. The SMILES string of the molecule is FC(F)(F)CCNc1ccc2nccnc2n1. The van der Waals surface area contributed by atoms with E-state index in [1.807, 2.05) is 0 Å². The smallest absolute Gasteiger partial charge is 0.370 e. The number of anilines is 1. The first-order valence-corrected chi connectivity index (χ1v) is 4.93. The van der Waals surface area contributed by atoms with Crippen LogP contribution in [-0.2, 0) is 0 Å². The van der Waals surface area contributed by atoms with Crippen LogP contribution >= 0.6 is 0 Å². The average molecular weight is 242 g/mol. The summed E-state index contributed by atoms with van der Waals surface area (Å²) in [6.07, 6.45) is -2.05. The van der Waals surface area contributed by atoms with Crippen molar-refractivity contribution in [2.75, 3.05) is 11.9 Å². The second-order valence-electron chi connectivity index (χ2n) is 3.39. The summed E-state index contributed by atoms with van der Waals surface area (Å²) in [6, 6.07) is 3.23. The predicted octanol–water partition coefficient (Wildman–Crippen LogP) is 2.39. The van der Waals surface area contributed by atoms with Gasteiger partial charge in [-0.1, -0.05) is 0 Å². The lowest BCUT2D eigenvalue weighted by atomic mass is 10.3. The monoisotopic (exact) mass is 242 g/mol. The Bertz CT molecular complexity index is 512. The lowest BCUT2D eigenvalue weighted by Gasteiger charge is -2.08. The number of aromatic nitrogens is 3. The zero-order valence-electron chi connectivity index (χ0n) is 8.70. The summed E-state index contributed by atoms with van der Waals surface area (Å²) in [7, 11) is 0. The van der Waals surface area contributed by atoms with Gasteiger partial charge in [-0.25, -0.2) is 9.97 Å². The minimum atomic E-state index is -4.16. The highest BCUT2D eigenvalue weighted by Crippen LogP contribution is 2.19. The van der Waals surface area contributed by atoms with Crippen molar-refractivity contribution in [2.45, 2.75) is 12.6 Å². The first-order valence-electron chi connectivity index (χ1n) is 4.93. The number of hydrogen-bond acceptors (Lipinski definition) is 4. The summed E-state index contributed by atoms with van der Waals surface area (Å²) >= 11 is 0. The van der Waals surface area contributed by atoms with Gasteiger partial charge < -0.3 is 5.32 Å². The van der Waals surface area contributed by atoms with Crippen LogP contribution in [0.3, 0.4) is 0 Å². The molecule has 90 valence electrons. The minimum Gasteiger partial charge on any atom is -0.370 e. The number of hydrogen-bond donors (Lipinski definition) is 1. The Labute approximate surface area is 94.9 Å². The van der Waals surface area contributed by atoms with Gasteiger partial charge in [0.15, 0.2) is 5.65 Å². The Morgan fingerprint density at radius 3 is 2.65 bits per heavy atom. The summed E-state index contributed by atoms with van der Waals surface area (Å²) in [5.74, 6) is 0.363. The van der Waals surface area contributed by atoms with Gasteiger partial charge in [-0.15, -0.1) is 0 Å². The van der Waals surface area contributed by atoms with Gasteiger partial charge in [0.25, 0.3) is 0 Å². The lowest BCUT2D eigenvalue weighted by molar-refractivity contribution is -0.131. The Morgan fingerprint density at radius 2 is 1.88 bits per heavy atom. The van der Waals surface area contributed by atoms with Crippen LogP contribution in [0.5, 0.6) is 0 Å². The van der Waals surface area contributed by atoms with E-state index in [1.54, 1.807) is 12.1 Å². The fourth-order valence-corrected chi connectivity index (χ4v) is 1.29. The highest BCUT2D eigenvalue weighted by molar-refractivity contribution is 5.71. The zero-order chi connectivity index (χ0) is 12.3. The maximum atomic E-state index is 11.9. The fraction of sp³-hybridized carbons (Fsp3) is 0.300. The number of halogens is 3. The van der Waals surface area contributed by atoms with E-state index in [2.05, 4.69) is 20.3 Å². The standard InChI is InChI=1S/C10H9F3N4/c11-10(12,13)3-4-15-8-2-1-7-9(17-8)16-6-5-14-7/h1-2,5-6H,3-4H2,(H,15,16,17). The molecule has 0 saturated heterocycles. The Morgan fingerprint density at radius 1 is 1.12 bits per heavy atom. The number of pyridine rings is 1. The third-order valence-corrected chi connectivity index (χ3v) is 2.05. The van der Waals surface area contributed by atoms with Crippen LogP contribution < -0.4 is 5.32 Å². The van der Waals surface area contributed by atoms with Crippen molar-refractivity contribution in [3.05, 3.63) is 24.5 Å². The first kappa shape index (κ1) is 11.6. The molecule has 0 aliphatic heterocycles. The van der Waals surface area contributed by atoms with Gasteiger partial charge in [-0.3, -0.25) is 4.98 Å². The second-order valence-corrected chi connectivity index (χ2v) is 3.39. The van der Waals surface area contributed by atoms with Gasteiger partial charge in [0.2, 0.25) is 0 Å². The van der Waals surface area contributed by atoms with Crippen LogP contribution in [0, 0.1) is 0 Å². The van der Waals surface area contributed by atoms with Crippen molar-refractivity contribution >= 4 is 17.0 Å². The third-order valence-electron chi connectivity index (χ3n) is 2.05. The van der Waals surface area contributed by atoms with Crippen molar-refractivity contribution in [1.29, 1.82) is 0 Å². The normalized spacial score (nSPS) is 11.7. The number of fused-ring (bicyclic) bond motifs is 1. The molecule has 0 aliphatic rings. The van der Waals surface area contributed by atoms with Gasteiger partial charge >= 0.3 is 6.18 Å². The molecular weight excluding hydrogens is 233 g/mol. The molecule has 0 bridgehead atoms. The molecule has 0 amide bonds. The van der Waals surface area contributed by atoms with Gasteiger partial charge in [0, 0.05) is 18.9 Å². The fourth-order valence-electron chi connectivity index (χ4n) is 1.29. The molecule has 2 aromatic rings. The van der Waals surface area contributed by atoms with E-state index in [0.717, 1.165) is 0 Å². The molecule has 7 heteroatoms. The first-order chi connectivity index (χ1) is 8.04. The van der Waals surface area contributed by atoms with Crippen LogP contribution in [0.1, 0.15) is 6.42 Å². The van der Waals surface area contributed by atoms with Gasteiger partial charge in [0.05, 0.1) is 6.42 Å². The van der Waals surface area contributed by atoms with Crippen molar-refractivity contribution in [3.63, 3.8) is 0 Å². The highest BCUT2D eigenvalue weighted by atomic mass is 19.4. The molecule has 0 radical (unpaired) electrons. The number of nitrogens with one attached hydrogen (secondary N) is 1. The summed E-state index contributed by atoms with van der Waals surface area (Å²) in [5, 5.41) is 2.59. The van der Waals surface area contributed by atoms with Crippen LogP contribution in [0.4, 0.5) is 19.0 Å². The van der Waals surface area contributed by atoms with Crippen LogP contribution in [0.2, 0.25) is 0 Å². The molecule has 1 N–H and O–H groups in total. The van der Waals surface area contributed by atoms with E-state index in [0.29, 0.717) is 17.0 Å². The van der Waals surface area contributed by atoms with E-state index < -0.39 is 12.6 Å². The van der Waals surface area contributed by atoms with Gasteiger partial charge in [0.1, 0.15) is 11.3 Å². The number of nitrogens with zero attached hydrogens (tertiary/aromatic N) is 3. The second kappa shape index (κ2) is 4.52. The molecule has 0 aromatic carbocycles. The Balaban J connectivity index is 2.04. The topological polar surface area (TPSA) is 50.7 Å². The average Bonchev–Trinajstić information content (AvgIpc) is 2.27. The zero-order valence-corrected chi connectivity index (χ0v) is 8.70. The molecule has 17 heavy (non-hydrogen) atoms. The molecule has 2 heterocycles. The maximum absolute atomic E-state index is 11.9. The van der Waals surface area contributed by atoms with Crippen molar-refractivity contribution in [1.82, 2.24) is 15.0 Å². The third kappa shape index (κ3) is 3.27. The number of rotatable bonds is 3. The van der Waals surface area contributed by atoms with E-state index in [4.69, 9.17) is 0 Å². The minimum absolute atomic E-state index is 0.206. The van der Waals surface area contributed by atoms with Crippen molar-refractivity contribution in [2.24, 2.45) is 0 Å². The van der Waals surface area contributed by atoms with E-state index in [1.165, 1.54) is 12.4 Å². The van der Waals surface area contributed by atoms with E-state index in [9.17, 15) is 13.2 Å². The van der Waals surface area contributed by atoms with Crippen LogP contribution in [0.15, 0.2) is 24.5 Å². The largest absolute Gasteiger partial charge is 0.390 e. The molecule has 0 atom stereocenters. The molecule has 2 rings (SSSR count). The predicted molar refractivity (Wildman–Crippen MR) is 56.5 cm³/mol. The highest BCUT2D eigenvalue weighted by Gasteiger charge is 2.26. The molecule has 4 nitrogen and oxygen atoms in total. The summed E-state index contributed by atoms with van der Waals surface area (Å²) in [5.41, 5.74) is 1.01.